The smallest absolute Gasteiger partial charge is 0.269 e. The van der Waals surface area contributed by atoms with Crippen molar-refractivity contribution in [1.29, 1.82) is 0 Å². The molecule has 2 saturated carbocycles. The number of benzene rings is 3. The molecule has 3 atom stereocenters. The molecule has 2 aliphatic carbocycles. The van der Waals surface area contributed by atoms with E-state index in [-0.39, 0.29) is 39.6 Å². The van der Waals surface area contributed by atoms with E-state index in [9.17, 15) is 58.5 Å². The topological polar surface area (TPSA) is 277 Å². The van der Waals surface area contributed by atoms with Crippen LogP contribution in [0.5, 0.6) is 0 Å². The lowest BCUT2D eigenvalue weighted by molar-refractivity contribution is -0.484. The molecule has 0 spiro atoms. The standard InChI is InChI=1S/C24H41N3O2S2.C14H16N2O5.C8H6N2O4.C6H10O/c1-2-3-4-5-6-7-8-9-10-11-13-21-15-17-23(18-16-21)31(28,29)27-24(30)26-20-22-14-12-19-25-22;17-14-4-2-1-3-12(14)13(9-15(18)19)10-5-7-11(8-6-10)16(20)21;11-9(12)6-5-7-1-3-8(4-2-7)10(13)14;7-6-4-2-1-3-5-6/h15-18,22,25H,2-14,19-20H2,1H3,(H2,26,27,30);5-8,12-13H,1-4,9H2;1-6H;1-5H2/b;;6-5+;/t22-;12-,13-;;/m00../s1. The molecule has 6 rings (SSSR count). The summed E-state index contributed by atoms with van der Waals surface area (Å²) in [5.74, 6) is -0.336. The Kier molecular flexibility index (Phi) is 28.8. The molecule has 21 heteroatoms. The largest absolute Gasteiger partial charge is 0.360 e. The van der Waals surface area contributed by atoms with E-state index in [1.54, 1.807) is 12.1 Å². The molecule has 1 heterocycles. The third kappa shape index (κ3) is 25.4. The zero-order valence-corrected chi connectivity index (χ0v) is 43.6. The third-order valence-corrected chi connectivity index (χ3v) is 14.6. The number of nitrogens with zero attached hydrogens (tertiary/aromatic N) is 4. The Morgan fingerprint density at radius 3 is 1.77 bits per heavy atom. The fourth-order valence-electron chi connectivity index (χ4n) is 8.72. The zero-order valence-electron chi connectivity index (χ0n) is 42.0. The molecule has 1 saturated heterocycles. The lowest BCUT2D eigenvalue weighted by atomic mass is 9.76. The minimum atomic E-state index is -3.64. The molecule has 400 valence electrons. The predicted octanol–water partition coefficient (Wildman–Crippen LogP) is 11.1. The Labute approximate surface area is 434 Å². The number of nitro groups is 4. The molecule has 3 N–H and O–H groups in total. The molecular weight excluding hydrogens is 979 g/mol. The maximum absolute atomic E-state index is 12.5. The van der Waals surface area contributed by atoms with Gasteiger partial charge in [-0.25, -0.2) is 8.42 Å². The number of aryl methyl sites for hydroxylation is 1. The number of sulfonamides is 1. The third-order valence-electron chi connectivity index (χ3n) is 12.8. The second-order valence-corrected chi connectivity index (χ2v) is 20.6. The lowest BCUT2D eigenvalue weighted by Crippen LogP contribution is -2.44. The van der Waals surface area contributed by atoms with Crippen LogP contribution in [0.15, 0.2) is 83.9 Å². The van der Waals surface area contributed by atoms with E-state index in [0.717, 1.165) is 77.0 Å². The zero-order chi connectivity index (χ0) is 53.4. The van der Waals surface area contributed by atoms with Crippen molar-refractivity contribution in [2.24, 2.45) is 5.92 Å². The summed E-state index contributed by atoms with van der Waals surface area (Å²) in [6.07, 6.45) is 26.6. The molecule has 3 aliphatic rings. The van der Waals surface area contributed by atoms with Gasteiger partial charge in [0.25, 0.3) is 21.4 Å². The van der Waals surface area contributed by atoms with Crippen LogP contribution in [0.4, 0.5) is 11.4 Å². The number of nitro benzene ring substituents is 2. The number of ketones is 2. The molecule has 1 aliphatic heterocycles. The monoisotopic (exact) mass is 1050 g/mol. The molecule has 0 radical (unpaired) electrons. The first-order chi connectivity index (χ1) is 35.0. The number of thiocarbonyl (C=S) groups is 1. The van der Waals surface area contributed by atoms with Gasteiger partial charge >= 0.3 is 0 Å². The van der Waals surface area contributed by atoms with Gasteiger partial charge in [-0.1, -0.05) is 102 Å². The molecule has 19 nitrogen and oxygen atoms in total. The van der Waals surface area contributed by atoms with Crippen LogP contribution in [0.3, 0.4) is 0 Å². The number of hydrogen-bond donors (Lipinski definition) is 3. The van der Waals surface area contributed by atoms with Crippen LogP contribution in [0.2, 0.25) is 0 Å². The van der Waals surface area contributed by atoms with Crippen molar-refractivity contribution >= 4 is 56.4 Å². The van der Waals surface area contributed by atoms with E-state index in [0.29, 0.717) is 42.3 Å². The summed E-state index contributed by atoms with van der Waals surface area (Å²) in [7, 11) is -3.64. The second-order valence-electron chi connectivity index (χ2n) is 18.5. The van der Waals surface area contributed by atoms with Crippen molar-refractivity contribution in [3.8, 4) is 0 Å². The minimum absolute atomic E-state index is 0.0387. The highest BCUT2D eigenvalue weighted by molar-refractivity contribution is 7.91. The van der Waals surface area contributed by atoms with Crippen molar-refractivity contribution in [3.05, 3.63) is 136 Å². The van der Waals surface area contributed by atoms with Crippen LogP contribution >= 0.6 is 12.2 Å². The molecule has 3 fully saturated rings. The maximum Gasteiger partial charge on any atom is 0.269 e. The Bertz CT molecular complexity index is 2340. The van der Waals surface area contributed by atoms with Crippen LogP contribution in [0, 0.1) is 46.4 Å². The SMILES string of the molecule is CCCCCCCCCCCCc1ccc(S(=O)(=O)NC(=S)NC[C@@H]2CCCN2)cc1.O=C1CCCCC1.O=C1CCCC[C@H]1[C@@H](C[N+](=O)[O-])c1ccc([N+](=O)[O-])cc1.O=[N+]([O-])/C=C/c1ccc([N+](=O)[O-])cc1. The van der Waals surface area contributed by atoms with Crippen LogP contribution < -0.4 is 15.4 Å². The summed E-state index contributed by atoms with van der Waals surface area (Å²) >= 11 is 5.16. The first-order valence-electron chi connectivity index (χ1n) is 25.6. The Morgan fingerprint density at radius 1 is 0.712 bits per heavy atom. The number of rotatable bonds is 23. The number of carbonyl (C=O) groups excluding carboxylic acids is 2. The van der Waals surface area contributed by atoms with Gasteiger partial charge in [0.05, 0.1) is 25.6 Å². The minimum Gasteiger partial charge on any atom is -0.360 e. The van der Waals surface area contributed by atoms with E-state index < -0.39 is 35.6 Å². The highest BCUT2D eigenvalue weighted by atomic mass is 32.2. The molecule has 3 aromatic carbocycles. The summed E-state index contributed by atoms with van der Waals surface area (Å²) in [6, 6.07) is 18.7. The number of unbranched alkanes of at least 4 members (excludes halogenated alkanes) is 9. The molecule has 0 aromatic heterocycles. The van der Waals surface area contributed by atoms with Gasteiger partial charge in [0.2, 0.25) is 12.7 Å². The van der Waals surface area contributed by atoms with Crippen LogP contribution in [0.25, 0.3) is 6.08 Å². The van der Waals surface area contributed by atoms with Crippen LogP contribution in [-0.4, -0.2) is 70.5 Å². The number of hydrogen-bond acceptors (Lipinski definition) is 14. The van der Waals surface area contributed by atoms with Gasteiger partial charge in [-0.05, 0) is 111 Å². The predicted molar refractivity (Wildman–Crippen MR) is 286 cm³/mol. The van der Waals surface area contributed by atoms with E-state index in [1.165, 1.54) is 124 Å². The van der Waals surface area contributed by atoms with Gasteiger partial charge in [0, 0.05) is 73.0 Å². The van der Waals surface area contributed by atoms with E-state index in [4.69, 9.17) is 12.2 Å². The van der Waals surface area contributed by atoms with Crippen molar-refractivity contribution in [2.45, 2.75) is 165 Å². The normalized spacial score (nSPS) is 16.8. The Hall–Kier alpha value is -6.06. The Morgan fingerprint density at radius 2 is 1.27 bits per heavy atom. The number of carbonyl (C=O) groups is 2. The molecule has 0 bridgehead atoms. The highest BCUT2D eigenvalue weighted by Crippen LogP contribution is 2.35. The molecule has 3 aromatic rings. The fourth-order valence-corrected chi connectivity index (χ4v) is 10.1. The quantitative estimate of drug-likeness (QED) is 0.0345. The number of non-ortho nitro benzene ring substituents is 2. The summed E-state index contributed by atoms with van der Waals surface area (Å²) in [5.41, 5.74) is 2.26. The van der Waals surface area contributed by atoms with Gasteiger partial charge in [-0.15, -0.1) is 0 Å². The average molecular weight is 1050 g/mol. The summed E-state index contributed by atoms with van der Waals surface area (Å²) in [4.78, 5) is 62.5. The van der Waals surface area contributed by atoms with Gasteiger partial charge in [0.1, 0.15) is 11.6 Å². The fraction of sp³-hybridized carbons (Fsp3) is 0.558. The lowest BCUT2D eigenvalue weighted by Gasteiger charge is -2.26. The molecule has 0 amide bonds. The average Bonchev–Trinajstić information content (AvgIpc) is 3.90. The maximum atomic E-state index is 12.5. The van der Waals surface area contributed by atoms with Crippen molar-refractivity contribution in [1.82, 2.24) is 15.4 Å². The van der Waals surface area contributed by atoms with Gasteiger partial charge in [0.15, 0.2) is 5.11 Å². The van der Waals surface area contributed by atoms with Crippen molar-refractivity contribution < 1.29 is 37.7 Å². The number of nitrogens with one attached hydrogen (secondary N) is 3. The summed E-state index contributed by atoms with van der Waals surface area (Å²) in [6.45, 7) is 3.58. The van der Waals surface area contributed by atoms with E-state index in [2.05, 4.69) is 22.3 Å². The first-order valence-corrected chi connectivity index (χ1v) is 27.5. The van der Waals surface area contributed by atoms with Gasteiger partial charge < -0.3 is 10.6 Å². The van der Waals surface area contributed by atoms with Crippen molar-refractivity contribution in [2.75, 3.05) is 19.6 Å². The molecule has 73 heavy (non-hydrogen) atoms. The molecule has 0 unspecified atom stereocenters. The molecular formula is C52H73N7O12S2. The second kappa shape index (κ2) is 34.4. The summed E-state index contributed by atoms with van der Waals surface area (Å²) < 4.78 is 27.5. The van der Waals surface area contributed by atoms with E-state index in [1.807, 2.05) is 12.1 Å². The Balaban J connectivity index is 0.000000287. The highest BCUT2D eigenvalue weighted by Gasteiger charge is 2.34. The first kappa shape index (κ1) is 61.2. The van der Waals surface area contributed by atoms with Crippen LogP contribution in [0.1, 0.15) is 164 Å². The van der Waals surface area contributed by atoms with Crippen molar-refractivity contribution in [3.63, 3.8) is 0 Å². The summed E-state index contributed by atoms with van der Waals surface area (Å²) in [5, 5.41) is 48.3. The van der Waals surface area contributed by atoms with Gasteiger partial charge in [-0.3, -0.25) is 54.8 Å². The van der Waals surface area contributed by atoms with Crippen LogP contribution in [-0.2, 0) is 26.0 Å². The van der Waals surface area contributed by atoms with Gasteiger partial charge in [-0.2, -0.15) is 0 Å². The van der Waals surface area contributed by atoms with E-state index >= 15 is 0 Å². The number of Topliss-reactive ketones (excluding diaryl/α,β-unsaturated/α-hetero) is 2.